The third-order valence-electron chi connectivity index (χ3n) is 2.53. The van der Waals surface area contributed by atoms with E-state index in [1.165, 1.54) is 19.3 Å². The summed E-state index contributed by atoms with van der Waals surface area (Å²) in [6, 6.07) is 0.594. The molecular weight excluding hydrogens is 162 g/mol. The first-order valence-corrected chi connectivity index (χ1v) is 4.92. The van der Waals surface area contributed by atoms with E-state index in [2.05, 4.69) is 22.2 Å². The van der Waals surface area contributed by atoms with Crippen LogP contribution in [0.2, 0.25) is 0 Å². The van der Waals surface area contributed by atoms with Crippen LogP contribution in [0.5, 0.6) is 0 Å². The number of nitrogens with one attached hydrogen (secondary N) is 1. The molecule has 1 N–H and O–H groups in total. The fourth-order valence-corrected chi connectivity index (χ4v) is 1.62. The van der Waals surface area contributed by atoms with Crippen molar-refractivity contribution in [1.29, 1.82) is 0 Å². The number of hydrogen-bond donors (Lipinski definition) is 1. The number of rotatable bonds is 4. The molecule has 1 saturated carbocycles. The second-order valence-corrected chi connectivity index (χ2v) is 3.59. The van der Waals surface area contributed by atoms with Crippen LogP contribution in [0.3, 0.4) is 0 Å². The van der Waals surface area contributed by atoms with Gasteiger partial charge in [0, 0.05) is 18.4 Å². The van der Waals surface area contributed by atoms with Gasteiger partial charge in [0.25, 0.3) is 0 Å². The molecule has 1 unspecified atom stereocenters. The van der Waals surface area contributed by atoms with E-state index < -0.39 is 0 Å². The van der Waals surface area contributed by atoms with Gasteiger partial charge in [-0.15, -0.1) is 0 Å². The van der Waals surface area contributed by atoms with Crippen molar-refractivity contribution >= 4 is 5.82 Å². The van der Waals surface area contributed by atoms with Crippen LogP contribution in [0.15, 0.2) is 18.6 Å². The molecular formula is C10H15N3. The lowest BCUT2D eigenvalue weighted by Crippen LogP contribution is -2.21. The normalized spacial score (nSPS) is 18.2. The summed E-state index contributed by atoms with van der Waals surface area (Å²) in [4.78, 5) is 8.23. The molecule has 0 aromatic carbocycles. The van der Waals surface area contributed by atoms with E-state index in [0.717, 1.165) is 11.7 Å². The van der Waals surface area contributed by atoms with Crippen LogP contribution in [0.25, 0.3) is 0 Å². The van der Waals surface area contributed by atoms with Gasteiger partial charge in [0.05, 0.1) is 6.20 Å². The highest BCUT2D eigenvalue weighted by Gasteiger charge is 2.29. The summed E-state index contributed by atoms with van der Waals surface area (Å²) in [5.41, 5.74) is 0. The van der Waals surface area contributed by atoms with Gasteiger partial charge >= 0.3 is 0 Å². The lowest BCUT2D eigenvalue weighted by Gasteiger charge is -2.15. The second-order valence-electron chi connectivity index (χ2n) is 3.59. The van der Waals surface area contributed by atoms with E-state index in [-0.39, 0.29) is 0 Å². The zero-order chi connectivity index (χ0) is 9.10. The average Bonchev–Trinajstić information content (AvgIpc) is 2.99. The van der Waals surface area contributed by atoms with Gasteiger partial charge in [0.1, 0.15) is 5.82 Å². The molecule has 0 aliphatic heterocycles. The molecule has 3 nitrogen and oxygen atoms in total. The van der Waals surface area contributed by atoms with Gasteiger partial charge in [-0.05, 0) is 25.2 Å². The van der Waals surface area contributed by atoms with Gasteiger partial charge in [-0.1, -0.05) is 6.92 Å². The first kappa shape index (κ1) is 8.48. The molecule has 0 saturated heterocycles. The first-order valence-electron chi connectivity index (χ1n) is 4.92. The predicted octanol–water partition coefficient (Wildman–Crippen LogP) is 2.08. The van der Waals surface area contributed by atoms with Crippen molar-refractivity contribution in [2.24, 2.45) is 5.92 Å². The van der Waals surface area contributed by atoms with Crippen molar-refractivity contribution < 1.29 is 0 Å². The predicted molar refractivity (Wildman–Crippen MR) is 52.5 cm³/mol. The zero-order valence-corrected chi connectivity index (χ0v) is 7.90. The minimum atomic E-state index is 0.594. The fourth-order valence-electron chi connectivity index (χ4n) is 1.62. The minimum absolute atomic E-state index is 0.594. The molecule has 1 atom stereocenters. The van der Waals surface area contributed by atoms with Crippen LogP contribution in [-0.4, -0.2) is 16.0 Å². The monoisotopic (exact) mass is 177 g/mol. The van der Waals surface area contributed by atoms with Crippen molar-refractivity contribution in [3.05, 3.63) is 18.6 Å². The molecule has 1 heterocycles. The topological polar surface area (TPSA) is 37.8 Å². The molecule has 0 spiro atoms. The molecule has 2 rings (SSSR count). The van der Waals surface area contributed by atoms with Crippen molar-refractivity contribution in [1.82, 2.24) is 9.97 Å². The molecule has 1 aliphatic rings. The van der Waals surface area contributed by atoms with Gasteiger partial charge in [0.15, 0.2) is 0 Å². The SMILES string of the molecule is CCC(Nc1cnccn1)C1CC1. The summed E-state index contributed by atoms with van der Waals surface area (Å²) >= 11 is 0. The van der Waals surface area contributed by atoms with E-state index in [4.69, 9.17) is 0 Å². The number of nitrogens with zero attached hydrogens (tertiary/aromatic N) is 2. The second kappa shape index (κ2) is 3.73. The Morgan fingerprint density at radius 2 is 2.38 bits per heavy atom. The lowest BCUT2D eigenvalue weighted by molar-refractivity contribution is 0.613. The molecule has 1 fully saturated rings. The van der Waals surface area contributed by atoms with E-state index >= 15 is 0 Å². The molecule has 13 heavy (non-hydrogen) atoms. The van der Waals surface area contributed by atoms with Crippen LogP contribution >= 0.6 is 0 Å². The quantitative estimate of drug-likeness (QED) is 0.765. The van der Waals surface area contributed by atoms with Crippen LogP contribution in [-0.2, 0) is 0 Å². The van der Waals surface area contributed by atoms with Crippen LogP contribution in [0.4, 0.5) is 5.82 Å². The number of aromatic nitrogens is 2. The standard InChI is InChI=1S/C10H15N3/c1-2-9(8-3-4-8)13-10-7-11-5-6-12-10/h5-9H,2-4H2,1H3,(H,12,13). The molecule has 1 aliphatic carbocycles. The maximum absolute atomic E-state index is 4.20. The Kier molecular flexibility index (Phi) is 2.43. The Labute approximate surface area is 78.6 Å². The summed E-state index contributed by atoms with van der Waals surface area (Å²) in [6.07, 6.45) is 9.11. The third kappa shape index (κ3) is 2.17. The first-order chi connectivity index (χ1) is 6.40. The van der Waals surface area contributed by atoms with Gasteiger partial charge < -0.3 is 5.32 Å². The van der Waals surface area contributed by atoms with E-state index in [1.54, 1.807) is 18.6 Å². The summed E-state index contributed by atoms with van der Waals surface area (Å²) in [5, 5.41) is 3.42. The summed E-state index contributed by atoms with van der Waals surface area (Å²) in [5.74, 6) is 1.77. The smallest absolute Gasteiger partial charge is 0.144 e. The van der Waals surface area contributed by atoms with Crippen molar-refractivity contribution in [3.63, 3.8) is 0 Å². The molecule has 3 heteroatoms. The molecule has 1 aromatic heterocycles. The van der Waals surface area contributed by atoms with Crippen LogP contribution in [0.1, 0.15) is 26.2 Å². The molecule has 0 amide bonds. The Bertz CT molecular complexity index is 256. The fraction of sp³-hybridized carbons (Fsp3) is 0.600. The lowest BCUT2D eigenvalue weighted by atomic mass is 10.1. The van der Waals surface area contributed by atoms with E-state index in [0.29, 0.717) is 6.04 Å². The average molecular weight is 177 g/mol. The van der Waals surface area contributed by atoms with E-state index in [1.807, 2.05) is 0 Å². The van der Waals surface area contributed by atoms with Crippen LogP contribution < -0.4 is 5.32 Å². The van der Waals surface area contributed by atoms with Crippen molar-refractivity contribution in [3.8, 4) is 0 Å². The molecule has 1 aromatic rings. The van der Waals surface area contributed by atoms with Crippen molar-refractivity contribution in [2.75, 3.05) is 5.32 Å². The maximum Gasteiger partial charge on any atom is 0.144 e. The summed E-state index contributed by atoms with van der Waals surface area (Å²) in [6.45, 7) is 2.21. The highest BCUT2D eigenvalue weighted by Crippen LogP contribution is 2.35. The maximum atomic E-state index is 4.20. The Morgan fingerprint density at radius 3 is 2.92 bits per heavy atom. The molecule has 70 valence electrons. The highest BCUT2D eigenvalue weighted by molar-refractivity contribution is 5.32. The van der Waals surface area contributed by atoms with Gasteiger partial charge in [-0.25, -0.2) is 4.98 Å². The summed E-state index contributed by atoms with van der Waals surface area (Å²) in [7, 11) is 0. The zero-order valence-electron chi connectivity index (χ0n) is 7.90. The van der Waals surface area contributed by atoms with Gasteiger partial charge in [-0.3, -0.25) is 4.98 Å². The highest BCUT2D eigenvalue weighted by atomic mass is 15.0. The number of hydrogen-bond acceptors (Lipinski definition) is 3. The minimum Gasteiger partial charge on any atom is -0.366 e. The third-order valence-corrected chi connectivity index (χ3v) is 2.53. The van der Waals surface area contributed by atoms with Gasteiger partial charge in [-0.2, -0.15) is 0 Å². The van der Waals surface area contributed by atoms with Crippen LogP contribution in [0, 0.1) is 5.92 Å². The van der Waals surface area contributed by atoms with Crippen molar-refractivity contribution in [2.45, 2.75) is 32.2 Å². The summed E-state index contributed by atoms with van der Waals surface area (Å²) < 4.78 is 0. The Balaban J connectivity index is 1.95. The molecule has 0 radical (unpaired) electrons. The molecule has 0 bridgehead atoms. The van der Waals surface area contributed by atoms with E-state index in [9.17, 15) is 0 Å². The Morgan fingerprint density at radius 1 is 1.54 bits per heavy atom. The largest absolute Gasteiger partial charge is 0.366 e. The van der Waals surface area contributed by atoms with Gasteiger partial charge in [0.2, 0.25) is 0 Å². The number of anilines is 1. The Hall–Kier alpha value is -1.12.